The minimum absolute atomic E-state index is 0.0941. The van der Waals surface area contributed by atoms with Gasteiger partial charge in [0.05, 0.1) is 12.0 Å². The van der Waals surface area contributed by atoms with Crippen LogP contribution >= 0.6 is 0 Å². The fraction of sp³-hybridized carbons (Fsp3) is 0.769. The fourth-order valence-corrected chi connectivity index (χ4v) is 2.12. The lowest BCUT2D eigenvalue weighted by molar-refractivity contribution is 0.258. The molecule has 0 bridgehead atoms. The first-order valence-corrected chi connectivity index (χ1v) is 6.63. The molecule has 0 saturated heterocycles. The summed E-state index contributed by atoms with van der Waals surface area (Å²) in [4.78, 5) is 6.66. The maximum absolute atomic E-state index is 6.10. The molecule has 4 heteroatoms. The first-order chi connectivity index (χ1) is 8.13. The van der Waals surface area contributed by atoms with Crippen molar-refractivity contribution in [3.63, 3.8) is 0 Å². The van der Waals surface area contributed by atoms with Crippen LogP contribution in [-0.4, -0.2) is 34.1 Å². The van der Waals surface area contributed by atoms with Crippen molar-refractivity contribution in [2.75, 3.05) is 19.6 Å². The minimum atomic E-state index is 0.0941. The lowest BCUT2D eigenvalue weighted by Gasteiger charge is -2.25. The zero-order chi connectivity index (χ0) is 12.8. The molecular formula is C13H26N4. The molecule has 0 aliphatic rings. The minimum Gasteiger partial charge on any atom is -0.329 e. The maximum Gasteiger partial charge on any atom is 0.0951 e. The Morgan fingerprint density at radius 1 is 1.35 bits per heavy atom. The number of hydrogen-bond donors (Lipinski definition) is 1. The summed E-state index contributed by atoms with van der Waals surface area (Å²) in [5.41, 5.74) is 7.24. The van der Waals surface area contributed by atoms with Gasteiger partial charge in [0.2, 0.25) is 0 Å². The van der Waals surface area contributed by atoms with Gasteiger partial charge in [-0.05, 0) is 26.4 Å². The third kappa shape index (κ3) is 3.54. The molecule has 4 nitrogen and oxygen atoms in total. The number of hydrogen-bond acceptors (Lipinski definition) is 3. The Labute approximate surface area is 105 Å². The molecule has 0 radical (unpaired) electrons. The zero-order valence-electron chi connectivity index (χ0n) is 11.6. The SMILES string of the molecule is CC[C@@H](N)c1cncn1C(C)CN(CC)CC. The van der Waals surface area contributed by atoms with E-state index in [-0.39, 0.29) is 6.04 Å². The standard InChI is InChI=1S/C13H26N4/c1-5-12(14)13-8-15-10-17(13)11(4)9-16(6-2)7-3/h8,10-12H,5-7,9,14H2,1-4H3/t11?,12-/m1/s1. The third-order valence-corrected chi connectivity index (χ3v) is 3.41. The molecule has 17 heavy (non-hydrogen) atoms. The Hall–Kier alpha value is -0.870. The average Bonchev–Trinajstić information content (AvgIpc) is 2.83. The topological polar surface area (TPSA) is 47.1 Å². The largest absolute Gasteiger partial charge is 0.329 e. The Balaban J connectivity index is 2.74. The van der Waals surface area contributed by atoms with Gasteiger partial charge in [-0.2, -0.15) is 0 Å². The zero-order valence-corrected chi connectivity index (χ0v) is 11.6. The number of nitrogens with zero attached hydrogens (tertiary/aromatic N) is 3. The number of imidazole rings is 1. The summed E-state index contributed by atoms with van der Waals surface area (Å²) in [5.74, 6) is 0. The smallest absolute Gasteiger partial charge is 0.0951 e. The molecule has 1 aromatic rings. The van der Waals surface area contributed by atoms with Gasteiger partial charge in [0.15, 0.2) is 0 Å². The lowest BCUT2D eigenvalue weighted by Crippen LogP contribution is -2.30. The highest BCUT2D eigenvalue weighted by atomic mass is 15.2. The molecule has 1 heterocycles. The average molecular weight is 238 g/mol. The summed E-state index contributed by atoms with van der Waals surface area (Å²) in [5, 5.41) is 0. The molecule has 0 fully saturated rings. The van der Waals surface area contributed by atoms with E-state index in [2.05, 4.69) is 42.1 Å². The summed E-state index contributed by atoms with van der Waals surface area (Å²) in [7, 11) is 0. The van der Waals surface area contributed by atoms with Crippen molar-refractivity contribution in [2.24, 2.45) is 5.73 Å². The highest BCUT2D eigenvalue weighted by molar-refractivity contribution is 5.05. The van der Waals surface area contributed by atoms with E-state index in [1.807, 2.05) is 12.5 Å². The van der Waals surface area contributed by atoms with Gasteiger partial charge in [0.25, 0.3) is 0 Å². The third-order valence-electron chi connectivity index (χ3n) is 3.41. The first kappa shape index (κ1) is 14.2. The van der Waals surface area contributed by atoms with E-state index in [4.69, 9.17) is 5.73 Å². The van der Waals surface area contributed by atoms with Crippen molar-refractivity contribution < 1.29 is 0 Å². The summed E-state index contributed by atoms with van der Waals surface area (Å²) < 4.78 is 2.21. The molecule has 1 aromatic heterocycles. The van der Waals surface area contributed by atoms with Crippen LogP contribution in [0.25, 0.3) is 0 Å². The van der Waals surface area contributed by atoms with Crippen LogP contribution in [0.2, 0.25) is 0 Å². The van der Waals surface area contributed by atoms with E-state index < -0.39 is 0 Å². The molecule has 0 spiro atoms. The number of rotatable bonds is 7. The van der Waals surface area contributed by atoms with Crippen molar-refractivity contribution in [3.05, 3.63) is 18.2 Å². The van der Waals surface area contributed by atoms with Crippen LogP contribution in [0, 0.1) is 0 Å². The van der Waals surface area contributed by atoms with Gasteiger partial charge in [0, 0.05) is 24.8 Å². The van der Waals surface area contributed by atoms with Gasteiger partial charge >= 0.3 is 0 Å². The number of nitrogens with two attached hydrogens (primary N) is 1. The Kier molecular flexibility index (Phi) is 5.65. The van der Waals surface area contributed by atoms with Gasteiger partial charge < -0.3 is 15.2 Å². The van der Waals surface area contributed by atoms with Crippen molar-refractivity contribution in [1.82, 2.24) is 14.5 Å². The lowest BCUT2D eigenvalue weighted by atomic mass is 10.1. The molecule has 0 aromatic carbocycles. The van der Waals surface area contributed by atoms with Crippen molar-refractivity contribution >= 4 is 0 Å². The maximum atomic E-state index is 6.10. The molecule has 0 aliphatic heterocycles. The van der Waals surface area contributed by atoms with E-state index >= 15 is 0 Å². The number of aromatic nitrogens is 2. The van der Waals surface area contributed by atoms with E-state index in [0.717, 1.165) is 31.7 Å². The van der Waals surface area contributed by atoms with Gasteiger partial charge in [-0.1, -0.05) is 20.8 Å². The summed E-state index contributed by atoms with van der Waals surface area (Å²) >= 11 is 0. The highest BCUT2D eigenvalue weighted by Crippen LogP contribution is 2.18. The predicted molar refractivity (Wildman–Crippen MR) is 71.9 cm³/mol. The van der Waals surface area contributed by atoms with Crippen LogP contribution in [0.1, 0.15) is 51.9 Å². The van der Waals surface area contributed by atoms with E-state index in [1.165, 1.54) is 0 Å². The molecule has 0 aliphatic carbocycles. The predicted octanol–water partition coefficient (Wildman–Crippen LogP) is 2.20. The Morgan fingerprint density at radius 3 is 2.53 bits per heavy atom. The van der Waals surface area contributed by atoms with Crippen molar-refractivity contribution in [2.45, 2.75) is 46.2 Å². The fourth-order valence-electron chi connectivity index (χ4n) is 2.12. The van der Waals surface area contributed by atoms with Gasteiger partial charge in [0.1, 0.15) is 0 Å². The quantitative estimate of drug-likeness (QED) is 0.792. The summed E-state index contributed by atoms with van der Waals surface area (Å²) in [6.07, 6.45) is 4.75. The molecule has 98 valence electrons. The number of likely N-dealkylation sites (N-methyl/N-ethyl adjacent to an activating group) is 1. The molecule has 0 saturated carbocycles. The monoisotopic (exact) mass is 238 g/mol. The van der Waals surface area contributed by atoms with Crippen LogP contribution < -0.4 is 5.73 Å². The molecule has 2 atom stereocenters. The molecular weight excluding hydrogens is 212 g/mol. The van der Waals surface area contributed by atoms with E-state index in [0.29, 0.717) is 6.04 Å². The molecule has 1 rings (SSSR count). The second-order valence-corrected chi connectivity index (χ2v) is 4.58. The Bertz CT molecular complexity index is 317. The molecule has 0 amide bonds. The normalized spacial score (nSPS) is 15.2. The second-order valence-electron chi connectivity index (χ2n) is 4.58. The van der Waals surface area contributed by atoms with Crippen LogP contribution in [0.15, 0.2) is 12.5 Å². The van der Waals surface area contributed by atoms with Crippen LogP contribution in [0.5, 0.6) is 0 Å². The van der Waals surface area contributed by atoms with E-state index in [9.17, 15) is 0 Å². The van der Waals surface area contributed by atoms with Gasteiger partial charge in [-0.25, -0.2) is 4.98 Å². The van der Waals surface area contributed by atoms with Crippen molar-refractivity contribution in [1.29, 1.82) is 0 Å². The highest BCUT2D eigenvalue weighted by Gasteiger charge is 2.15. The van der Waals surface area contributed by atoms with Gasteiger partial charge in [-0.3, -0.25) is 0 Å². The van der Waals surface area contributed by atoms with Crippen LogP contribution in [0.4, 0.5) is 0 Å². The van der Waals surface area contributed by atoms with Crippen molar-refractivity contribution in [3.8, 4) is 0 Å². The first-order valence-electron chi connectivity index (χ1n) is 6.63. The molecule has 1 unspecified atom stereocenters. The van der Waals surface area contributed by atoms with Crippen LogP contribution in [-0.2, 0) is 0 Å². The van der Waals surface area contributed by atoms with Crippen LogP contribution in [0.3, 0.4) is 0 Å². The molecule has 2 N–H and O–H groups in total. The summed E-state index contributed by atoms with van der Waals surface area (Å²) in [6, 6.07) is 0.515. The summed E-state index contributed by atoms with van der Waals surface area (Å²) in [6.45, 7) is 12.0. The van der Waals surface area contributed by atoms with Gasteiger partial charge in [-0.15, -0.1) is 0 Å². The second kappa shape index (κ2) is 6.77. The Morgan fingerprint density at radius 2 is 2.00 bits per heavy atom. The van der Waals surface area contributed by atoms with E-state index in [1.54, 1.807) is 0 Å².